The summed E-state index contributed by atoms with van der Waals surface area (Å²) in [6.45, 7) is 2.01. The van der Waals surface area contributed by atoms with Crippen LogP contribution >= 0.6 is 0 Å². The van der Waals surface area contributed by atoms with E-state index in [1.54, 1.807) is 23.8 Å². The van der Waals surface area contributed by atoms with Crippen LogP contribution in [0.2, 0.25) is 0 Å². The molecule has 1 aliphatic rings. The maximum atomic E-state index is 12.8. The van der Waals surface area contributed by atoms with Crippen molar-refractivity contribution < 1.29 is 14.4 Å². The summed E-state index contributed by atoms with van der Waals surface area (Å²) in [5.41, 5.74) is 1.27. The Morgan fingerprint density at radius 1 is 1.42 bits per heavy atom. The minimum Gasteiger partial charge on any atom is -0.393 e. The summed E-state index contributed by atoms with van der Waals surface area (Å²) in [5.74, 6) is -0.399. The molecule has 0 unspecified atom stereocenters. The van der Waals surface area contributed by atoms with Crippen molar-refractivity contribution >= 4 is 5.91 Å². The van der Waals surface area contributed by atoms with E-state index in [0.717, 1.165) is 18.4 Å². The molecule has 7 nitrogen and oxygen atoms in total. The van der Waals surface area contributed by atoms with Crippen molar-refractivity contribution in [3.63, 3.8) is 0 Å². The fourth-order valence-corrected chi connectivity index (χ4v) is 3.13. The lowest BCUT2D eigenvalue weighted by molar-refractivity contribution is 0.0944. The third kappa shape index (κ3) is 3.41. The largest absolute Gasteiger partial charge is 0.393 e. The Hall–Kier alpha value is -2.41. The van der Waals surface area contributed by atoms with Gasteiger partial charge in [-0.25, -0.2) is 0 Å². The van der Waals surface area contributed by atoms with Gasteiger partial charge in [-0.1, -0.05) is 5.16 Å². The number of hydrogen-bond acceptors (Lipinski definition) is 5. The average Bonchev–Trinajstić information content (AvgIpc) is 3.08. The fraction of sp³-hybridized carbons (Fsp3) is 0.471. The minimum absolute atomic E-state index is 0.0334. The monoisotopic (exact) mass is 331 g/mol. The lowest BCUT2D eigenvalue weighted by Crippen LogP contribution is -2.36. The Kier molecular flexibility index (Phi) is 4.80. The fourth-order valence-electron chi connectivity index (χ4n) is 3.13. The molecule has 0 bridgehead atoms. The molecule has 7 heteroatoms. The normalized spacial score (nSPS) is 20.8. The van der Waals surface area contributed by atoms with Gasteiger partial charge in [-0.15, -0.1) is 0 Å². The Labute approximate surface area is 139 Å². The van der Waals surface area contributed by atoms with Gasteiger partial charge >= 0.3 is 0 Å². The number of rotatable bonds is 4. The number of aliphatic hydroxyl groups excluding tert-OH is 1. The van der Waals surface area contributed by atoms with E-state index < -0.39 is 5.91 Å². The Balaban J connectivity index is 1.80. The van der Waals surface area contributed by atoms with E-state index in [1.807, 2.05) is 0 Å². The minimum atomic E-state index is -0.399. The molecule has 2 aromatic heterocycles. The summed E-state index contributed by atoms with van der Waals surface area (Å²) in [7, 11) is 0. The van der Waals surface area contributed by atoms with Gasteiger partial charge in [-0.2, -0.15) is 0 Å². The second-order valence-corrected chi connectivity index (χ2v) is 6.26. The number of aliphatic hydroxyl groups is 1. The van der Waals surface area contributed by atoms with Gasteiger partial charge in [-0.3, -0.25) is 9.59 Å². The average molecular weight is 331 g/mol. The second-order valence-electron chi connectivity index (χ2n) is 6.26. The van der Waals surface area contributed by atoms with Gasteiger partial charge in [0.1, 0.15) is 11.8 Å². The van der Waals surface area contributed by atoms with Crippen LogP contribution in [-0.4, -0.2) is 26.8 Å². The number of hydrogen-bond donors (Lipinski definition) is 2. The molecule has 2 heterocycles. The van der Waals surface area contributed by atoms with E-state index in [2.05, 4.69) is 10.5 Å². The van der Waals surface area contributed by atoms with Gasteiger partial charge in [0.05, 0.1) is 12.3 Å². The molecule has 2 aromatic rings. The van der Waals surface area contributed by atoms with E-state index in [0.29, 0.717) is 18.4 Å². The number of carbonyl (C=O) groups is 1. The van der Waals surface area contributed by atoms with Crippen LogP contribution in [0.15, 0.2) is 34.0 Å². The molecule has 0 saturated heterocycles. The Bertz CT molecular complexity index is 759. The number of pyridine rings is 1. The van der Waals surface area contributed by atoms with Gasteiger partial charge in [-0.05, 0) is 44.2 Å². The molecular weight excluding hydrogens is 310 g/mol. The maximum absolute atomic E-state index is 12.8. The van der Waals surface area contributed by atoms with Crippen LogP contribution in [0.4, 0.5) is 0 Å². The summed E-state index contributed by atoms with van der Waals surface area (Å²) < 4.78 is 6.35. The molecule has 3 rings (SSSR count). The highest BCUT2D eigenvalue weighted by Crippen LogP contribution is 2.27. The standard InChI is InChI=1S/C17H21N3O4/c1-11-6-7-20(13-2-4-14(21)5-3-13)17(23)15(11)16(22)18-8-12-9-19-24-10-12/h6-7,9-10,13-14,21H,2-5,8H2,1H3,(H,18,22). The van der Waals surface area contributed by atoms with Gasteiger partial charge in [0, 0.05) is 24.3 Å². The van der Waals surface area contributed by atoms with Crippen molar-refractivity contribution in [2.24, 2.45) is 0 Å². The SMILES string of the molecule is Cc1ccn(C2CCC(O)CC2)c(=O)c1C(=O)NCc1cnoc1. The van der Waals surface area contributed by atoms with Crippen LogP contribution in [-0.2, 0) is 6.54 Å². The molecule has 24 heavy (non-hydrogen) atoms. The predicted octanol–water partition coefficient (Wildman–Crippen LogP) is 1.55. The van der Waals surface area contributed by atoms with Crippen LogP contribution in [0, 0.1) is 6.92 Å². The molecule has 1 saturated carbocycles. The van der Waals surface area contributed by atoms with E-state index in [4.69, 9.17) is 4.52 Å². The first kappa shape index (κ1) is 16.4. The van der Waals surface area contributed by atoms with Crippen LogP contribution < -0.4 is 10.9 Å². The topological polar surface area (TPSA) is 97.4 Å². The first-order valence-electron chi connectivity index (χ1n) is 8.12. The van der Waals surface area contributed by atoms with Crippen molar-refractivity contribution in [3.05, 3.63) is 51.8 Å². The zero-order valence-electron chi connectivity index (χ0n) is 13.6. The van der Waals surface area contributed by atoms with Crippen molar-refractivity contribution in [2.75, 3.05) is 0 Å². The highest BCUT2D eigenvalue weighted by Gasteiger charge is 2.24. The van der Waals surface area contributed by atoms with E-state index in [1.165, 1.54) is 12.5 Å². The molecule has 0 atom stereocenters. The van der Waals surface area contributed by atoms with Crippen molar-refractivity contribution in [2.45, 2.75) is 51.3 Å². The van der Waals surface area contributed by atoms with Gasteiger partial charge in [0.25, 0.3) is 11.5 Å². The number of carbonyl (C=O) groups excluding carboxylic acids is 1. The third-order valence-corrected chi connectivity index (χ3v) is 4.55. The second kappa shape index (κ2) is 7.00. The predicted molar refractivity (Wildman–Crippen MR) is 86.6 cm³/mol. The first-order chi connectivity index (χ1) is 11.6. The molecule has 0 aromatic carbocycles. The molecule has 2 N–H and O–H groups in total. The lowest BCUT2D eigenvalue weighted by atomic mass is 9.92. The summed E-state index contributed by atoms with van der Waals surface area (Å²) in [6, 6.07) is 1.83. The number of amides is 1. The van der Waals surface area contributed by atoms with E-state index >= 15 is 0 Å². The van der Waals surface area contributed by atoms with Crippen molar-refractivity contribution in [1.82, 2.24) is 15.0 Å². The summed E-state index contributed by atoms with van der Waals surface area (Å²) in [5, 5.41) is 15.9. The van der Waals surface area contributed by atoms with Gasteiger partial charge in [0.15, 0.2) is 0 Å². The summed E-state index contributed by atoms with van der Waals surface area (Å²) in [4.78, 5) is 25.2. The third-order valence-electron chi connectivity index (χ3n) is 4.55. The number of aromatic nitrogens is 2. The van der Waals surface area contributed by atoms with Crippen LogP contribution in [0.5, 0.6) is 0 Å². The zero-order valence-corrected chi connectivity index (χ0v) is 13.6. The smallest absolute Gasteiger partial charge is 0.263 e. The van der Waals surface area contributed by atoms with Crippen molar-refractivity contribution in [1.29, 1.82) is 0 Å². The highest BCUT2D eigenvalue weighted by molar-refractivity contribution is 5.95. The highest BCUT2D eigenvalue weighted by atomic mass is 16.5. The quantitative estimate of drug-likeness (QED) is 0.886. The number of nitrogens with zero attached hydrogens (tertiary/aromatic N) is 2. The number of aryl methyl sites for hydroxylation is 1. The summed E-state index contributed by atoms with van der Waals surface area (Å²) >= 11 is 0. The summed E-state index contributed by atoms with van der Waals surface area (Å²) in [6.07, 6.45) is 7.27. The van der Waals surface area contributed by atoms with E-state index in [-0.39, 0.29) is 29.8 Å². The Morgan fingerprint density at radius 2 is 2.17 bits per heavy atom. The molecule has 0 radical (unpaired) electrons. The molecular formula is C17H21N3O4. The zero-order chi connectivity index (χ0) is 17.1. The van der Waals surface area contributed by atoms with Crippen molar-refractivity contribution in [3.8, 4) is 0 Å². The molecule has 128 valence electrons. The molecule has 1 aliphatic carbocycles. The van der Waals surface area contributed by atoms with E-state index in [9.17, 15) is 14.7 Å². The molecule has 1 amide bonds. The Morgan fingerprint density at radius 3 is 2.83 bits per heavy atom. The first-order valence-corrected chi connectivity index (χ1v) is 8.12. The van der Waals surface area contributed by atoms with Crippen LogP contribution in [0.3, 0.4) is 0 Å². The number of nitrogens with one attached hydrogen (secondary N) is 1. The molecule has 0 spiro atoms. The van der Waals surface area contributed by atoms with Crippen LogP contribution in [0.1, 0.15) is 53.2 Å². The van der Waals surface area contributed by atoms with Gasteiger partial charge < -0.3 is 19.5 Å². The van der Waals surface area contributed by atoms with Gasteiger partial charge in [0.2, 0.25) is 0 Å². The molecule has 0 aliphatic heterocycles. The molecule has 1 fully saturated rings. The lowest BCUT2D eigenvalue weighted by Gasteiger charge is -2.27. The maximum Gasteiger partial charge on any atom is 0.263 e. The van der Waals surface area contributed by atoms with Crippen LogP contribution in [0.25, 0.3) is 0 Å².